The quantitative estimate of drug-likeness (QED) is 0.529. The molecule has 1 aliphatic rings. The van der Waals surface area contributed by atoms with Gasteiger partial charge in [-0.15, -0.1) is 0 Å². The van der Waals surface area contributed by atoms with Crippen LogP contribution in [0.25, 0.3) is 0 Å². The Bertz CT molecular complexity index is 97.8. The van der Waals surface area contributed by atoms with Gasteiger partial charge >= 0.3 is 0 Å². The van der Waals surface area contributed by atoms with Crippen molar-refractivity contribution in [1.29, 1.82) is 0 Å². The van der Waals surface area contributed by atoms with Crippen molar-refractivity contribution >= 4 is 22.6 Å². The lowest BCUT2D eigenvalue weighted by Gasteiger charge is -2.28. The molecule has 0 atom stereocenters. The predicted octanol–water partition coefficient (Wildman–Crippen LogP) is 3.78. The minimum atomic E-state index is 0.535. The van der Waals surface area contributed by atoms with Gasteiger partial charge in [-0.05, 0) is 18.8 Å². The number of hydrogen-bond donors (Lipinski definition) is 0. The molecule has 10 heavy (non-hydrogen) atoms. The summed E-state index contributed by atoms with van der Waals surface area (Å²) in [5, 5.41) is 0. The minimum Gasteiger partial charge on any atom is -0.0795 e. The van der Waals surface area contributed by atoms with Crippen LogP contribution in [0.3, 0.4) is 0 Å². The molecule has 1 saturated carbocycles. The maximum absolute atomic E-state index is 2.55. The molecule has 1 fully saturated rings. The molecule has 0 amide bonds. The molecular weight excluding hydrogens is 235 g/mol. The van der Waals surface area contributed by atoms with Gasteiger partial charge in [0.2, 0.25) is 0 Å². The van der Waals surface area contributed by atoms with Crippen molar-refractivity contribution < 1.29 is 0 Å². The average Bonchev–Trinajstić information content (AvgIpc) is 1.56. The molecule has 0 aromatic rings. The fraction of sp³-hybridized carbons (Fsp3) is 1.00. The van der Waals surface area contributed by atoms with E-state index in [1.54, 1.807) is 0 Å². The van der Waals surface area contributed by atoms with Gasteiger partial charge in [0.1, 0.15) is 0 Å². The highest BCUT2D eigenvalue weighted by Gasteiger charge is 2.20. The van der Waals surface area contributed by atoms with Crippen LogP contribution in [0.4, 0.5) is 0 Å². The van der Waals surface area contributed by atoms with Crippen LogP contribution in [0.2, 0.25) is 0 Å². The maximum Gasteiger partial charge on any atom is 0.0166 e. The van der Waals surface area contributed by atoms with Gasteiger partial charge in [-0.25, -0.2) is 0 Å². The second-order valence-electron chi connectivity index (χ2n) is 4.05. The van der Waals surface area contributed by atoms with E-state index in [9.17, 15) is 0 Å². The standard InChI is InChI=1S/C9H17I/c1-9(2,10)7-6-8-4-3-5-8/h8H,3-7H2,1-2H3. The van der Waals surface area contributed by atoms with E-state index in [0.717, 1.165) is 5.92 Å². The normalized spacial score (nSPS) is 20.7. The fourth-order valence-electron chi connectivity index (χ4n) is 1.33. The summed E-state index contributed by atoms with van der Waals surface area (Å²) in [6.45, 7) is 4.65. The molecule has 0 bridgehead atoms. The molecule has 0 saturated heterocycles. The molecule has 60 valence electrons. The molecule has 0 N–H and O–H groups in total. The zero-order chi connectivity index (χ0) is 7.61. The van der Waals surface area contributed by atoms with E-state index in [2.05, 4.69) is 36.4 Å². The zero-order valence-corrected chi connectivity index (χ0v) is 9.15. The van der Waals surface area contributed by atoms with Crippen molar-refractivity contribution in [2.45, 2.75) is 49.4 Å². The second kappa shape index (κ2) is 3.42. The first-order valence-corrected chi connectivity index (χ1v) is 5.35. The Morgan fingerprint density at radius 2 is 2.00 bits per heavy atom. The zero-order valence-electron chi connectivity index (χ0n) is 6.99. The van der Waals surface area contributed by atoms with Crippen molar-refractivity contribution in [3.8, 4) is 0 Å². The third kappa shape index (κ3) is 3.22. The minimum absolute atomic E-state index is 0.535. The Balaban J connectivity index is 2.04. The summed E-state index contributed by atoms with van der Waals surface area (Å²) < 4.78 is 0.535. The second-order valence-corrected chi connectivity index (χ2v) is 6.97. The highest BCUT2D eigenvalue weighted by Crippen LogP contribution is 2.34. The largest absolute Gasteiger partial charge is 0.0795 e. The number of hydrogen-bond acceptors (Lipinski definition) is 0. The van der Waals surface area contributed by atoms with E-state index in [0.29, 0.717) is 3.42 Å². The first-order valence-electron chi connectivity index (χ1n) is 4.27. The van der Waals surface area contributed by atoms with Crippen LogP contribution in [0.1, 0.15) is 46.0 Å². The van der Waals surface area contributed by atoms with E-state index < -0.39 is 0 Å². The summed E-state index contributed by atoms with van der Waals surface area (Å²) in [6.07, 6.45) is 7.37. The van der Waals surface area contributed by atoms with Gasteiger partial charge in [0.25, 0.3) is 0 Å². The van der Waals surface area contributed by atoms with Crippen LogP contribution in [-0.2, 0) is 0 Å². The van der Waals surface area contributed by atoms with Gasteiger partial charge in [-0.2, -0.15) is 0 Å². The molecule has 1 rings (SSSR count). The average molecular weight is 252 g/mol. The molecule has 0 spiro atoms. The Morgan fingerprint density at radius 3 is 2.30 bits per heavy atom. The van der Waals surface area contributed by atoms with Gasteiger partial charge < -0.3 is 0 Å². The van der Waals surface area contributed by atoms with Crippen LogP contribution in [0.15, 0.2) is 0 Å². The highest BCUT2D eigenvalue weighted by molar-refractivity contribution is 14.1. The summed E-state index contributed by atoms with van der Waals surface area (Å²) in [4.78, 5) is 0. The van der Waals surface area contributed by atoms with Gasteiger partial charge in [-0.1, -0.05) is 55.7 Å². The van der Waals surface area contributed by atoms with E-state index >= 15 is 0 Å². The van der Waals surface area contributed by atoms with E-state index in [1.165, 1.54) is 32.1 Å². The van der Waals surface area contributed by atoms with Gasteiger partial charge in [0.05, 0.1) is 0 Å². The lowest BCUT2D eigenvalue weighted by Crippen LogP contribution is -2.16. The monoisotopic (exact) mass is 252 g/mol. The Kier molecular flexibility index (Phi) is 3.02. The molecule has 1 aliphatic carbocycles. The Hall–Kier alpha value is 0.730. The Morgan fingerprint density at radius 1 is 1.40 bits per heavy atom. The van der Waals surface area contributed by atoms with Crippen molar-refractivity contribution in [3.05, 3.63) is 0 Å². The van der Waals surface area contributed by atoms with Crippen LogP contribution in [0.5, 0.6) is 0 Å². The van der Waals surface area contributed by atoms with Crippen molar-refractivity contribution in [1.82, 2.24) is 0 Å². The molecule has 0 aromatic carbocycles. The summed E-state index contributed by atoms with van der Waals surface area (Å²) in [7, 11) is 0. The van der Waals surface area contributed by atoms with Crippen molar-refractivity contribution in [3.63, 3.8) is 0 Å². The lowest BCUT2D eigenvalue weighted by atomic mass is 9.81. The molecule has 0 unspecified atom stereocenters. The third-order valence-electron chi connectivity index (χ3n) is 2.37. The van der Waals surface area contributed by atoms with Gasteiger partial charge in [0.15, 0.2) is 0 Å². The predicted molar refractivity (Wildman–Crippen MR) is 54.7 cm³/mol. The number of halogens is 1. The van der Waals surface area contributed by atoms with Crippen LogP contribution in [-0.4, -0.2) is 3.42 Å². The van der Waals surface area contributed by atoms with E-state index in [4.69, 9.17) is 0 Å². The number of alkyl halides is 1. The molecule has 0 aromatic heterocycles. The molecule has 0 aliphatic heterocycles. The Labute approximate surface area is 77.9 Å². The molecule has 1 heteroatoms. The maximum atomic E-state index is 2.55. The number of rotatable bonds is 3. The smallest absolute Gasteiger partial charge is 0.0166 e. The topological polar surface area (TPSA) is 0 Å². The third-order valence-corrected chi connectivity index (χ3v) is 2.91. The van der Waals surface area contributed by atoms with Crippen molar-refractivity contribution in [2.24, 2.45) is 5.92 Å². The van der Waals surface area contributed by atoms with Crippen LogP contribution in [0, 0.1) is 5.92 Å². The summed E-state index contributed by atoms with van der Waals surface area (Å²) in [5.74, 6) is 1.09. The molecule has 0 heterocycles. The molecule has 0 radical (unpaired) electrons. The SMILES string of the molecule is CC(C)(I)CCC1CCC1. The summed E-state index contributed by atoms with van der Waals surface area (Å²) in [5.41, 5.74) is 0. The van der Waals surface area contributed by atoms with E-state index in [1.807, 2.05) is 0 Å². The first-order chi connectivity index (χ1) is 4.58. The van der Waals surface area contributed by atoms with E-state index in [-0.39, 0.29) is 0 Å². The lowest BCUT2D eigenvalue weighted by molar-refractivity contribution is 0.283. The first kappa shape index (κ1) is 8.82. The van der Waals surface area contributed by atoms with Crippen molar-refractivity contribution in [2.75, 3.05) is 0 Å². The van der Waals surface area contributed by atoms with Crippen LogP contribution < -0.4 is 0 Å². The molecular formula is C9H17I. The molecule has 0 nitrogen and oxygen atoms in total. The highest BCUT2D eigenvalue weighted by atomic mass is 127. The van der Waals surface area contributed by atoms with Gasteiger partial charge in [0, 0.05) is 3.42 Å². The fourth-order valence-corrected chi connectivity index (χ4v) is 1.64. The van der Waals surface area contributed by atoms with Crippen LogP contribution >= 0.6 is 22.6 Å². The summed E-state index contributed by atoms with van der Waals surface area (Å²) in [6, 6.07) is 0. The summed E-state index contributed by atoms with van der Waals surface area (Å²) >= 11 is 2.55. The van der Waals surface area contributed by atoms with Gasteiger partial charge in [-0.3, -0.25) is 0 Å².